The first kappa shape index (κ1) is 24.4. The molecule has 3 aliphatic rings. The van der Waals surface area contributed by atoms with Crippen LogP contribution in [0.3, 0.4) is 0 Å². The van der Waals surface area contributed by atoms with E-state index in [9.17, 15) is 9.59 Å². The van der Waals surface area contributed by atoms with Crippen LogP contribution in [0.4, 0.5) is 5.69 Å². The Morgan fingerprint density at radius 3 is 2.30 bits per heavy atom. The summed E-state index contributed by atoms with van der Waals surface area (Å²) >= 11 is 0. The van der Waals surface area contributed by atoms with Crippen molar-refractivity contribution in [2.45, 2.75) is 79.8 Å². The lowest BCUT2D eigenvalue weighted by Crippen LogP contribution is -2.50. The highest BCUT2D eigenvalue weighted by Crippen LogP contribution is 2.55. The van der Waals surface area contributed by atoms with Crippen molar-refractivity contribution in [3.8, 4) is 5.75 Å². The summed E-state index contributed by atoms with van der Waals surface area (Å²) in [5, 5.41) is 0. The lowest BCUT2D eigenvalue weighted by atomic mass is 9.78. The van der Waals surface area contributed by atoms with Gasteiger partial charge in [-0.15, -0.1) is 0 Å². The van der Waals surface area contributed by atoms with Crippen molar-refractivity contribution in [1.82, 2.24) is 4.90 Å². The number of rotatable bonds is 3. The van der Waals surface area contributed by atoms with Gasteiger partial charge in [-0.3, -0.25) is 14.5 Å². The van der Waals surface area contributed by atoms with E-state index in [0.717, 1.165) is 24.9 Å². The predicted octanol–water partition coefficient (Wildman–Crippen LogP) is 5.05. The lowest BCUT2D eigenvalue weighted by molar-refractivity contribution is -0.124. The van der Waals surface area contributed by atoms with E-state index < -0.39 is 0 Å². The smallest absolute Gasteiger partial charge is 0.239 e. The molecule has 0 saturated carbocycles. The van der Waals surface area contributed by atoms with Crippen LogP contribution in [0.15, 0.2) is 18.2 Å². The van der Waals surface area contributed by atoms with Crippen molar-refractivity contribution in [2.75, 3.05) is 18.6 Å². The molecule has 3 heterocycles. The molecule has 0 N–H and O–H groups in total. The van der Waals surface area contributed by atoms with Crippen molar-refractivity contribution < 1.29 is 14.3 Å². The Labute approximate surface area is 182 Å². The van der Waals surface area contributed by atoms with Gasteiger partial charge >= 0.3 is 0 Å². The fourth-order valence-corrected chi connectivity index (χ4v) is 5.58. The van der Waals surface area contributed by atoms with E-state index in [1.54, 1.807) is 13.2 Å². The first-order valence-corrected chi connectivity index (χ1v) is 11.6. The number of ether oxygens (including phenoxy) is 1. The summed E-state index contributed by atoms with van der Waals surface area (Å²) < 4.78 is 5.35. The number of aryl methyl sites for hydroxylation is 1. The Kier molecular flexibility index (Phi) is 7.73. The van der Waals surface area contributed by atoms with Crippen LogP contribution in [0, 0.1) is 24.7 Å². The van der Waals surface area contributed by atoms with E-state index in [1.807, 2.05) is 46.8 Å². The monoisotopic (exact) mass is 416 g/mol. The lowest BCUT2D eigenvalue weighted by Gasteiger charge is -2.38. The first-order valence-electron chi connectivity index (χ1n) is 11.6. The molecule has 1 aromatic carbocycles. The van der Waals surface area contributed by atoms with Crippen LogP contribution in [-0.4, -0.2) is 41.9 Å². The van der Waals surface area contributed by atoms with Gasteiger partial charge in [-0.2, -0.15) is 0 Å². The number of fused-ring (bicyclic) bond motifs is 3. The van der Waals surface area contributed by atoms with E-state index in [1.165, 1.54) is 4.90 Å². The van der Waals surface area contributed by atoms with Crippen LogP contribution in [0.2, 0.25) is 0 Å². The minimum absolute atomic E-state index is 0.0334. The Morgan fingerprint density at radius 2 is 1.73 bits per heavy atom. The highest BCUT2D eigenvalue weighted by molar-refractivity contribution is 6.23. The van der Waals surface area contributed by atoms with Crippen LogP contribution in [0.5, 0.6) is 5.75 Å². The Balaban J connectivity index is 0.000000757. The molecule has 2 amide bonds. The maximum Gasteiger partial charge on any atom is 0.239 e. The molecule has 0 radical (unpaired) electrons. The van der Waals surface area contributed by atoms with Crippen molar-refractivity contribution in [2.24, 2.45) is 17.8 Å². The number of hydrogen-bond acceptors (Lipinski definition) is 4. The molecular weight excluding hydrogens is 376 g/mol. The molecule has 5 heteroatoms. The molecule has 0 aliphatic carbocycles. The quantitative estimate of drug-likeness (QED) is 0.647. The molecule has 3 fully saturated rings. The topological polar surface area (TPSA) is 49.9 Å². The third kappa shape index (κ3) is 3.66. The van der Waals surface area contributed by atoms with E-state index in [4.69, 9.17) is 4.74 Å². The number of carbonyl (C=O) groups excluding carboxylic acids is 2. The van der Waals surface area contributed by atoms with Gasteiger partial charge in [0.1, 0.15) is 5.75 Å². The van der Waals surface area contributed by atoms with Gasteiger partial charge < -0.3 is 4.74 Å². The van der Waals surface area contributed by atoms with Gasteiger partial charge in [0.2, 0.25) is 11.8 Å². The van der Waals surface area contributed by atoms with Crippen molar-refractivity contribution in [3.63, 3.8) is 0 Å². The molecule has 168 valence electrons. The molecule has 5 nitrogen and oxygen atoms in total. The van der Waals surface area contributed by atoms with Crippen molar-refractivity contribution in [3.05, 3.63) is 23.8 Å². The number of benzene rings is 1. The largest absolute Gasteiger partial charge is 0.497 e. The van der Waals surface area contributed by atoms with Gasteiger partial charge in [-0.1, -0.05) is 41.5 Å². The minimum atomic E-state index is -0.246. The van der Waals surface area contributed by atoms with Gasteiger partial charge in [0.25, 0.3) is 0 Å². The Bertz CT molecular complexity index is 778. The van der Waals surface area contributed by atoms with Crippen LogP contribution in [0.25, 0.3) is 0 Å². The zero-order valence-electron chi connectivity index (χ0n) is 20.3. The average molecular weight is 417 g/mol. The molecule has 30 heavy (non-hydrogen) atoms. The van der Waals surface area contributed by atoms with Crippen molar-refractivity contribution >= 4 is 17.5 Å². The van der Waals surface area contributed by atoms with Crippen molar-refractivity contribution in [1.29, 1.82) is 0 Å². The molecule has 4 rings (SSSR count). The third-order valence-corrected chi connectivity index (χ3v) is 6.89. The molecule has 5 atom stereocenters. The summed E-state index contributed by atoms with van der Waals surface area (Å²) in [6, 6.07) is 5.79. The number of imide groups is 1. The molecule has 5 unspecified atom stereocenters. The third-order valence-electron chi connectivity index (χ3n) is 6.89. The van der Waals surface area contributed by atoms with Gasteiger partial charge in [0, 0.05) is 24.2 Å². The number of amides is 2. The average Bonchev–Trinajstić information content (AvgIpc) is 3.34. The molecular formula is C25H40N2O3. The summed E-state index contributed by atoms with van der Waals surface area (Å²) in [7, 11) is 1.60. The first-order chi connectivity index (χ1) is 14.3. The fraction of sp³-hybridized carbons (Fsp3) is 0.680. The van der Waals surface area contributed by atoms with Crippen LogP contribution >= 0.6 is 0 Å². The molecule has 1 aromatic rings. The maximum absolute atomic E-state index is 13.4. The van der Waals surface area contributed by atoms with E-state index in [0.29, 0.717) is 17.4 Å². The van der Waals surface area contributed by atoms with Crippen LogP contribution < -0.4 is 9.64 Å². The molecule has 0 bridgehead atoms. The maximum atomic E-state index is 13.4. The van der Waals surface area contributed by atoms with Crippen LogP contribution in [-0.2, 0) is 9.59 Å². The minimum Gasteiger partial charge on any atom is -0.497 e. The van der Waals surface area contributed by atoms with E-state index in [-0.39, 0.29) is 35.2 Å². The predicted molar refractivity (Wildman–Crippen MR) is 123 cm³/mol. The zero-order valence-corrected chi connectivity index (χ0v) is 20.3. The standard InChI is InChI=1S/C21H28N2O3.2C2H6/c1-6-21(4)18-17(16-9-13(3)11-22(16)21)19(24)23(20(18)25)14-7-12(2)8-15(10-14)26-5;2*1-2/h7-8,10,13,16-18H,6,9,11H2,1-5H3;2*1-2H3. The number of carbonyl (C=O) groups is 2. The summed E-state index contributed by atoms with van der Waals surface area (Å²) in [5.74, 6) is 0.704. The Morgan fingerprint density at radius 1 is 1.10 bits per heavy atom. The number of nitrogens with zero attached hydrogens (tertiary/aromatic N) is 2. The fourth-order valence-electron chi connectivity index (χ4n) is 5.58. The van der Waals surface area contributed by atoms with Gasteiger partial charge in [-0.25, -0.2) is 4.90 Å². The van der Waals surface area contributed by atoms with E-state index in [2.05, 4.69) is 25.7 Å². The second-order valence-electron chi connectivity index (χ2n) is 8.50. The van der Waals surface area contributed by atoms with Gasteiger partial charge in [-0.05, 0) is 50.3 Å². The highest BCUT2D eigenvalue weighted by Gasteiger charge is 2.67. The number of methoxy groups -OCH3 is 1. The van der Waals surface area contributed by atoms with Gasteiger partial charge in [0.05, 0.1) is 24.6 Å². The summed E-state index contributed by atoms with van der Waals surface area (Å²) in [4.78, 5) is 30.7. The zero-order chi connectivity index (χ0) is 22.8. The van der Waals surface area contributed by atoms with Gasteiger partial charge in [0.15, 0.2) is 0 Å². The second-order valence-corrected chi connectivity index (χ2v) is 8.50. The van der Waals surface area contributed by atoms with E-state index >= 15 is 0 Å². The van der Waals surface area contributed by atoms with Crippen LogP contribution in [0.1, 0.15) is 66.9 Å². The number of anilines is 1. The normalized spacial score (nSPS) is 32.1. The molecule has 0 spiro atoms. The molecule has 3 aliphatic heterocycles. The highest BCUT2D eigenvalue weighted by atomic mass is 16.5. The Hall–Kier alpha value is -1.88. The summed E-state index contributed by atoms with van der Waals surface area (Å²) in [5.41, 5.74) is 1.38. The summed E-state index contributed by atoms with van der Waals surface area (Å²) in [6.45, 7) is 17.5. The molecule has 0 aromatic heterocycles. The number of hydrogen-bond donors (Lipinski definition) is 0. The second kappa shape index (κ2) is 9.51. The SMILES string of the molecule is CC.CC.CCC1(C)C2C(=O)N(c3cc(C)cc(OC)c3)C(=O)C2C2CC(C)CN21. The summed E-state index contributed by atoms with van der Waals surface area (Å²) in [6.07, 6.45) is 1.88. The molecule has 3 saturated heterocycles.